The number of fused-ring (bicyclic) bond motifs is 1. The van der Waals surface area contributed by atoms with E-state index in [2.05, 4.69) is 22.4 Å². The van der Waals surface area contributed by atoms with Crippen LogP contribution in [0, 0.1) is 23.7 Å². The van der Waals surface area contributed by atoms with Gasteiger partial charge >= 0.3 is 0 Å². The van der Waals surface area contributed by atoms with E-state index in [1.165, 1.54) is 0 Å². The number of methoxy groups -OCH3 is 2. The monoisotopic (exact) mass is 661 g/mol. The van der Waals surface area contributed by atoms with E-state index in [1.54, 1.807) is 40.2 Å². The number of rotatable bonds is 13. The molecule has 47 heavy (non-hydrogen) atoms. The van der Waals surface area contributed by atoms with Crippen molar-refractivity contribution < 1.29 is 27.4 Å². The van der Waals surface area contributed by atoms with E-state index in [1.807, 2.05) is 55.5 Å². The molecule has 252 valence electrons. The van der Waals surface area contributed by atoms with E-state index in [9.17, 15) is 13.7 Å². The Hall–Kier alpha value is -3.62. The highest BCUT2D eigenvalue weighted by Gasteiger charge is 2.53. The maximum Gasteiger partial charge on any atom is 0.197 e. The summed E-state index contributed by atoms with van der Waals surface area (Å²) in [7, 11) is -0.586. The van der Waals surface area contributed by atoms with Crippen molar-refractivity contribution in [1.82, 2.24) is 5.32 Å². The molecule has 9 nitrogen and oxygen atoms in total. The lowest BCUT2D eigenvalue weighted by Crippen LogP contribution is -2.61. The van der Waals surface area contributed by atoms with Crippen molar-refractivity contribution >= 4 is 15.5 Å². The molecule has 3 aromatic rings. The maximum absolute atomic E-state index is 14.6. The minimum atomic E-state index is -3.92. The summed E-state index contributed by atoms with van der Waals surface area (Å²) in [5.74, 6) is 1.30. The zero-order valence-electron chi connectivity index (χ0n) is 28.1. The van der Waals surface area contributed by atoms with E-state index < -0.39 is 20.1 Å². The molecule has 5 rings (SSSR count). The molecule has 0 aromatic heterocycles. The molecule has 2 aliphatic rings. The molecule has 0 saturated carbocycles. The summed E-state index contributed by atoms with van der Waals surface area (Å²) >= 11 is 0. The number of anilines is 1. The van der Waals surface area contributed by atoms with Crippen LogP contribution < -0.4 is 19.7 Å². The average Bonchev–Trinajstić information content (AvgIpc) is 3.08. The summed E-state index contributed by atoms with van der Waals surface area (Å²) < 4.78 is 52.5. The molecule has 0 unspecified atom stereocenters. The van der Waals surface area contributed by atoms with E-state index in [0.29, 0.717) is 26.4 Å². The normalized spacial score (nSPS) is 21.4. The fraction of sp³-hybridized carbons (Fsp3) is 0.486. The van der Waals surface area contributed by atoms with Crippen LogP contribution >= 0.6 is 0 Å². The molecule has 2 heterocycles. The first kappa shape index (κ1) is 34.7. The van der Waals surface area contributed by atoms with Crippen LogP contribution in [0.5, 0.6) is 11.5 Å². The highest BCUT2D eigenvalue weighted by atomic mass is 32.2. The summed E-state index contributed by atoms with van der Waals surface area (Å²) in [5.41, 5.74) is 3.09. The Balaban J connectivity index is 1.46. The predicted octanol–water partition coefficient (Wildman–Crippen LogP) is 6.01. The van der Waals surface area contributed by atoms with Crippen LogP contribution in [0.2, 0.25) is 0 Å². The first-order valence-electron chi connectivity index (χ1n) is 16.2. The number of ether oxygens (including phenoxy) is 4. The molecule has 1 saturated heterocycles. The van der Waals surface area contributed by atoms with Gasteiger partial charge in [0.2, 0.25) is 0 Å². The van der Waals surface area contributed by atoms with Gasteiger partial charge in [0.15, 0.2) is 9.84 Å². The Labute approximate surface area is 279 Å². The minimum absolute atomic E-state index is 0.121. The predicted molar refractivity (Wildman–Crippen MR) is 183 cm³/mol. The van der Waals surface area contributed by atoms with Crippen molar-refractivity contribution in [2.45, 2.75) is 68.4 Å². The number of aryl methyl sites for hydroxylation is 1. The fourth-order valence-electron chi connectivity index (χ4n) is 6.72. The van der Waals surface area contributed by atoms with Gasteiger partial charge in [-0.25, -0.2) is 8.42 Å². The fourth-order valence-corrected chi connectivity index (χ4v) is 8.89. The number of benzene rings is 3. The second-order valence-corrected chi connectivity index (χ2v) is 15.5. The van der Waals surface area contributed by atoms with Crippen molar-refractivity contribution in [1.29, 1.82) is 5.26 Å². The van der Waals surface area contributed by atoms with E-state index in [-0.39, 0.29) is 29.8 Å². The summed E-state index contributed by atoms with van der Waals surface area (Å²) in [6.45, 7) is 9.18. The second-order valence-electron chi connectivity index (χ2n) is 13.3. The molecular formula is C37H47N3O6S. The summed E-state index contributed by atoms with van der Waals surface area (Å²) in [5, 5.41) is 13.5. The van der Waals surface area contributed by atoms with Crippen molar-refractivity contribution in [2.24, 2.45) is 5.41 Å². The van der Waals surface area contributed by atoms with Crippen LogP contribution in [0.4, 0.5) is 5.69 Å². The van der Waals surface area contributed by atoms with Crippen molar-refractivity contribution in [3.63, 3.8) is 0 Å². The number of hydrogen-bond acceptors (Lipinski definition) is 9. The lowest BCUT2D eigenvalue weighted by Gasteiger charge is -2.47. The lowest BCUT2D eigenvalue weighted by atomic mass is 9.77. The summed E-state index contributed by atoms with van der Waals surface area (Å²) in [6, 6.07) is 23.2. The lowest BCUT2D eigenvalue weighted by molar-refractivity contribution is -0.00460. The van der Waals surface area contributed by atoms with Crippen LogP contribution in [0.25, 0.3) is 0 Å². The zero-order valence-corrected chi connectivity index (χ0v) is 28.9. The molecule has 0 spiro atoms. The molecule has 10 heteroatoms. The molecule has 0 bridgehead atoms. The third-order valence-electron chi connectivity index (χ3n) is 9.27. The third-order valence-corrected chi connectivity index (χ3v) is 11.6. The first-order chi connectivity index (χ1) is 22.5. The molecule has 1 N–H and O–H groups in total. The third kappa shape index (κ3) is 7.76. The Bertz CT molecular complexity index is 1650. The van der Waals surface area contributed by atoms with Crippen molar-refractivity contribution in [3.05, 3.63) is 83.4 Å². The number of hydrogen-bond donors (Lipinski definition) is 1. The first-order valence-corrected chi connectivity index (χ1v) is 17.7. The molecule has 0 radical (unpaired) electrons. The van der Waals surface area contributed by atoms with Gasteiger partial charge in [0.25, 0.3) is 0 Å². The van der Waals surface area contributed by atoms with Crippen molar-refractivity contribution in [2.75, 3.05) is 52.0 Å². The smallest absolute Gasteiger partial charge is 0.197 e. The van der Waals surface area contributed by atoms with Gasteiger partial charge < -0.3 is 23.8 Å². The average molecular weight is 662 g/mol. The van der Waals surface area contributed by atoms with Gasteiger partial charge in [-0.1, -0.05) is 35.9 Å². The van der Waals surface area contributed by atoms with Gasteiger partial charge in [-0.05, 0) is 87.6 Å². The van der Waals surface area contributed by atoms with Gasteiger partial charge in [0.05, 0.1) is 48.4 Å². The van der Waals surface area contributed by atoms with Crippen LogP contribution in [0.3, 0.4) is 0 Å². The standard InChI is InChI=1S/C37H47N3O6S/c1-27-7-14-31(15-8-27)47(41,42)37(25-36(2,3)26-38)22-32(29-10-12-30(44-5)13-11-29)35(23-39-37)46-24-28-9-16-34-33(21-28)40(18-20-45-34)17-6-19-43-4/h7-16,21,32,35,39H,6,17-20,22-25H2,1-5H3/t32-,35+,37+/m1/s1. The largest absolute Gasteiger partial charge is 0.497 e. The van der Waals surface area contributed by atoms with Gasteiger partial charge in [0, 0.05) is 32.7 Å². The SMILES string of the molecule is COCCCN1CCOc2ccc(CO[C@H]3CN[C@](CC(C)(C)C#N)(S(=O)(=O)c4ccc(C)cc4)C[C@@H]3c3ccc(OC)cc3)cc21. The molecule has 3 aromatic carbocycles. The van der Waals surface area contributed by atoms with Gasteiger partial charge in [-0.15, -0.1) is 0 Å². The van der Waals surface area contributed by atoms with Crippen LogP contribution in [0.15, 0.2) is 71.6 Å². The zero-order chi connectivity index (χ0) is 33.7. The molecular weight excluding hydrogens is 614 g/mol. The molecule has 0 amide bonds. The Morgan fingerprint density at radius 2 is 1.83 bits per heavy atom. The number of nitriles is 1. The molecule has 1 fully saturated rings. The molecule has 0 aliphatic carbocycles. The Kier molecular flexibility index (Phi) is 10.8. The highest BCUT2D eigenvalue weighted by molar-refractivity contribution is 7.92. The topological polar surface area (TPSA) is 110 Å². The second kappa shape index (κ2) is 14.7. The Morgan fingerprint density at radius 1 is 1.09 bits per heavy atom. The summed E-state index contributed by atoms with van der Waals surface area (Å²) in [6.07, 6.45) is 0.941. The molecule has 3 atom stereocenters. The van der Waals surface area contributed by atoms with Crippen LogP contribution in [-0.2, 0) is 25.9 Å². The van der Waals surface area contributed by atoms with Gasteiger partial charge in [-0.2, -0.15) is 5.26 Å². The van der Waals surface area contributed by atoms with Crippen molar-refractivity contribution in [3.8, 4) is 17.6 Å². The maximum atomic E-state index is 14.6. The van der Waals surface area contributed by atoms with E-state index in [4.69, 9.17) is 18.9 Å². The molecule has 2 aliphatic heterocycles. The van der Waals surface area contributed by atoms with E-state index >= 15 is 0 Å². The number of nitrogens with one attached hydrogen (secondary N) is 1. The van der Waals surface area contributed by atoms with Gasteiger partial charge in [-0.3, -0.25) is 5.32 Å². The van der Waals surface area contributed by atoms with Gasteiger partial charge in [0.1, 0.15) is 23.0 Å². The number of sulfone groups is 1. The summed E-state index contributed by atoms with van der Waals surface area (Å²) in [4.78, 5) is 1.17. The number of nitrogens with zero attached hydrogens (tertiary/aromatic N) is 2. The quantitative estimate of drug-likeness (QED) is 0.220. The Morgan fingerprint density at radius 3 is 2.51 bits per heavy atom. The van der Waals surface area contributed by atoms with Crippen LogP contribution in [0.1, 0.15) is 55.7 Å². The number of piperidine rings is 1. The highest BCUT2D eigenvalue weighted by Crippen LogP contribution is 2.46. The van der Waals surface area contributed by atoms with E-state index in [0.717, 1.165) is 53.4 Å². The minimum Gasteiger partial charge on any atom is -0.497 e. The van der Waals surface area contributed by atoms with Crippen LogP contribution in [-0.4, -0.2) is 66.5 Å².